The number of imide groups is 1. The van der Waals surface area contributed by atoms with Gasteiger partial charge in [0.2, 0.25) is 11.1 Å². The number of aromatic nitrogens is 4. The van der Waals surface area contributed by atoms with Gasteiger partial charge in [-0.05, 0) is 27.6 Å². The van der Waals surface area contributed by atoms with Crippen molar-refractivity contribution in [2.75, 3.05) is 46.7 Å². The molecule has 4 aliphatic heterocycles. The molecule has 0 saturated carbocycles. The van der Waals surface area contributed by atoms with Crippen LogP contribution in [-0.4, -0.2) is 117 Å². The summed E-state index contributed by atoms with van der Waals surface area (Å²) in [6.45, 7) is 0.564. The minimum absolute atomic E-state index is 0.0542. The number of anilines is 2. The molecule has 2 aromatic rings. The SMILES string of the molecule is Cn1nnnc1SCC1=C(C(=O)O)N2C(=O)C(NC(=O)Cc3cccc(NC4SCCS4)c3NC(=O)N3CCNC3=O)[C@@H]2SC1. The van der Waals surface area contributed by atoms with E-state index in [1.54, 1.807) is 48.8 Å². The van der Waals surface area contributed by atoms with Crippen molar-refractivity contribution in [2.24, 2.45) is 7.05 Å². The predicted octanol–water partition coefficient (Wildman–Crippen LogP) is 1.02. The maximum Gasteiger partial charge on any atom is 0.352 e. The fraction of sp³-hybridized carbons (Fsp3) is 0.440. The highest BCUT2D eigenvalue weighted by Crippen LogP contribution is 2.42. The first kappa shape index (κ1) is 31.4. The molecule has 1 aromatic carbocycles. The molecular weight excluding hydrogens is 665 g/mol. The first-order valence-corrected chi connectivity index (χ1v) is 17.9. The maximum absolute atomic E-state index is 13.3. The summed E-state index contributed by atoms with van der Waals surface area (Å²) in [6, 6.07) is 3.23. The molecule has 0 spiro atoms. The van der Waals surface area contributed by atoms with Crippen molar-refractivity contribution in [3.05, 3.63) is 35.0 Å². The number of hydrogen-bond acceptors (Lipinski definition) is 13. The molecule has 0 bridgehead atoms. The Morgan fingerprint density at radius 1 is 1.18 bits per heavy atom. The molecule has 3 saturated heterocycles. The quantitative estimate of drug-likeness (QED) is 0.174. The minimum atomic E-state index is -1.22. The number of benzene rings is 1. The van der Waals surface area contributed by atoms with Crippen LogP contribution in [0.5, 0.6) is 0 Å². The van der Waals surface area contributed by atoms with Gasteiger partial charge in [0.25, 0.3) is 5.91 Å². The van der Waals surface area contributed by atoms with Crippen molar-refractivity contribution in [3.63, 3.8) is 0 Å². The van der Waals surface area contributed by atoms with Crippen LogP contribution in [0.2, 0.25) is 0 Å². The van der Waals surface area contributed by atoms with E-state index in [9.17, 15) is 29.1 Å². The second-order valence-corrected chi connectivity index (χ2v) is 14.9. The molecule has 1 aromatic heterocycles. The van der Waals surface area contributed by atoms with Gasteiger partial charge in [-0.2, -0.15) is 0 Å². The number of amides is 6. The number of thioether (sulfide) groups is 4. The van der Waals surface area contributed by atoms with E-state index in [-0.39, 0.29) is 29.1 Å². The van der Waals surface area contributed by atoms with E-state index in [4.69, 9.17) is 0 Å². The highest BCUT2D eigenvalue weighted by molar-refractivity contribution is 8.20. The van der Waals surface area contributed by atoms with Crippen LogP contribution in [0.15, 0.2) is 34.6 Å². The lowest BCUT2D eigenvalue weighted by atomic mass is 10.0. The summed E-state index contributed by atoms with van der Waals surface area (Å²) in [5.74, 6) is 0.383. The number of aliphatic carboxylic acids is 1. The van der Waals surface area contributed by atoms with Crippen LogP contribution >= 0.6 is 47.0 Å². The zero-order valence-corrected chi connectivity index (χ0v) is 27.0. The van der Waals surface area contributed by atoms with Crippen LogP contribution in [0.1, 0.15) is 5.56 Å². The number of carbonyl (C=O) groups is 5. The molecular formula is C25H28N10O6S4. The highest BCUT2D eigenvalue weighted by Gasteiger charge is 2.54. The molecule has 1 unspecified atom stereocenters. The summed E-state index contributed by atoms with van der Waals surface area (Å²) in [5.41, 5.74) is 1.93. The molecule has 238 valence electrons. The molecule has 0 aliphatic carbocycles. The Morgan fingerprint density at radius 2 is 1.98 bits per heavy atom. The summed E-state index contributed by atoms with van der Waals surface area (Å²) in [6.07, 6.45) is -0.168. The van der Waals surface area contributed by atoms with Crippen LogP contribution in [0.25, 0.3) is 0 Å². The summed E-state index contributed by atoms with van der Waals surface area (Å²) >= 11 is 6.10. The number of carbonyl (C=O) groups excluding carboxylic acids is 4. The lowest BCUT2D eigenvalue weighted by molar-refractivity contribution is -0.150. The number of carboxylic acids is 1. The standard InChI is InChI=1S/C25H28N10O6S4/c1-33-24(30-31-32-33)45-11-13-10-44-20-17(19(37)35(20)18(13)21(38)39)28-15(36)9-12-3-2-4-14(27-25-42-7-8-43-25)16(12)29-23(41)34-6-5-26-22(34)40/h2-4,17,20,25,27H,5-11H2,1H3,(H,26,40)(H,28,36)(H,29,41)(H,38,39)/t17?,20-/m0/s1. The van der Waals surface area contributed by atoms with Gasteiger partial charge in [0, 0.05) is 43.1 Å². The Labute approximate surface area is 273 Å². The second-order valence-electron chi connectivity index (χ2n) is 10.1. The smallest absolute Gasteiger partial charge is 0.352 e. The normalized spacial score (nSPS) is 21.4. The highest BCUT2D eigenvalue weighted by atomic mass is 32.2. The van der Waals surface area contributed by atoms with Crippen LogP contribution in [-0.2, 0) is 27.9 Å². The molecule has 0 radical (unpaired) electrons. The van der Waals surface area contributed by atoms with Gasteiger partial charge in [-0.25, -0.2) is 24.0 Å². The summed E-state index contributed by atoms with van der Waals surface area (Å²) < 4.78 is 1.53. The maximum atomic E-state index is 13.3. The Bertz CT molecular complexity index is 1580. The number of nitrogens with zero attached hydrogens (tertiary/aromatic N) is 6. The van der Waals surface area contributed by atoms with Crippen molar-refractivity contribution in [1.29, 1.82) is 0 Å². The number of rotatable bonds is 10. The predicted molar refractivity (Wildman–Crippen MR) is 171 cm³/mol. The Kier molecular flexibility index (Phi) is 9.33. The fourth-order valence-electron chi connectivity index (χ4n) is 5.11. The van der Waals surface area contributed by atoms with E-state index < -0.39 is 41.3 Å². The molecule has 5 heterocycles. The van der Waals surface area contributed by atoms with Crippen LogP contribution in [0, 0.1) is 0 Å². The average Bonchev–Trinajstić information content (AvgIpc) is 3.78. The summed E-state index contributed by atoms with van der Waals surface area (Å²) in [4.78, 5) is 66.2. The number of nitrogens with one attached hydrogen (secondary N) is 4. The topological polar surface area (TPSA) is 204 Å². The van der Waals surface area contributed by atoms with Gasteiger partial charge in [-0.1, -0.05) is 23.9 Å². The number of para-hydroxylation sites is 1. The molecule has 45 heavy (non-hydrogen) atoms. The van der Waals surface area contributed by atoms with E-state index in [0.29, 0.717) is 40.0 Å². The largest absolute Gasteiger partial charge is 0.477 e. The number of hydrogen-bond donors (Lipinski definition) is 5. The molecule has 6 rings (SSSR count). The van der Waals surface area contributed by atoms with Gasteiger partial charge in [0.15, 0.2) is 0 Å². The van der Waals surface area contributed by atoms with E-state index >= 15 is 0 Å². The molecule has 4 aliphatic rings. The number of aryl methyl sites for hydroxylation is 1. The number of fused-ring (bicyclic) bond motifs is 1. The number of tetrazole rings is 1. The van der Waals surface area contributed by atoms with E-state index in [1.165, 1.54) is 33.1 Å². The fourth-order valence-corrected chi connectivity index (χ4v) is 10.0. The summed E-state index contributed by atoms with van der Waals surface area (Å²) in [5, 5.41) is 32.7. The second kappa shape index (κ2) is 13.4. The third-order valence-electron chi connectivity index (χ3n) is 7.25. The minimum Gasteiger partial charge on any atom is -0.477 e. The Morgan fingerprint density at radius 3 is 2.67 bits per heavy atom. The first-order valence-electron chi connectivity index (χ1n) is 13.7. The number of carboxylic acid groups (broad SMARTS) is 1. The number of urea groups is 2. The van der Waals surface area contributed by atoms with Gasteiger partial charge in [-0.3, -0.25) is 14.5 Å². The van der Waals surface area contributed by atoms with Crippen LogP contribution in [0.4, 0.5) is 21.0 Å². The lowest BCUT2D eigenvalue weighted by Gasteiger charge is -2.49. The Balaban J connectivity index is 1.15. The molecule has 2 atom stereocenters. The number of β-lactam (4-membered cyclic amide) rings is 1. The lowest BCUT2D eigenvalue weighted by Crippen LogP contribution is -2.70. The molecule has 5 N–H and O–H groups in total. The van der Waals surface area contributed by atoms with Crippen molar-refractivity contribution in [1.82, 2.24) is 40.6 Å². The summed E-state index contributed by atoms with van der Waals surface area (Å²) in [7, 11) is 1.68. The molecule has 16 nitrogen and oxygen atoms in total. The third-order valence-corrected chi connectivity index (χ3v) is 12.5. The van der Waals surface area contributed by atoms with Gasteiger partial charge >= 0.3 is 18.0 Å². The Hall–Kier alpha value is -3.62. The molecule has 6 amide bonds. The van der Waals surface area contributed by atoms with Crippen LogP contribution in [0.3, 0.4) is 0 Å². The van der Waals surface area contributed by atoms with Crippen molar-refractivity contribution in [3.8, 4) is 0 Å². The molecule has 3 fully saturated rings. The van der Waals surface area contributed by atoms with Crippen molar-refractivity contribution >= 4 is 88.3 Å². The van der Waals surface area contributed by atoms with Gasteiger partial charge < -0.3 is 26.4 Å². The van der Waals surface area contributed by atoms with E-state index in [0.717, 1.165) is 16.4 Å². The van der Waals surface area contributed by atoms with Crippen LogP contribution < -0.4 is 21.3 Å². The zero-order valence-electron chi connectivity index (χ0n) is 23.7. The first-order chi connectivity index (χ1) is 21.7. The monoisotopic (exact) mass is 692 g/mol. The van der Waals surface area contributed by atoms with Gasteiger partial charge in [-0.15, -0.1) is 40.4 Å². The van der Waals surface area contributed by atoms with E-state index in [2.05, 4.69) is 36.8 Å². The van der Waals surface area contributed by atoms with Gasteiger partial charge in [0.1, 0.15) is 21.8 Å². The van der Waals surface area contributed by atoms with E-state index in [1.807, 2.05) is 0 Å². The average molecular weight is 693 g/mol. The third kappa shape index (κ3) is 6.54. The van der Waals surface area contributed by atoms with Gasteiger partial charge in [0.05, 0.1) is 17.8 Å². The van der Waals surface area contributed by atoms with Crippen molar-refractivity contribution in [2.45, 2.75) is 27.7 Å². The zero-order chi connectivity index (χ0) is 31.7. The molecule has 20 heteroatoms. The van der Waals surface area contributed by atoms with Crippen molar-refractivity contribution < 1.29 is 29.1 Å².